The number of halogens is 1. The van der Waals surface area contributed by atoms with Gasteiger partial charge in [-0.2, -0.15) is 0 Å². The molecule has 1 saturated heterocycles. The number of hydrogen-bond acceptors (Lipinski definition) is 6. The molecule has 0 spiro atoms. The van der Waals surface area contributed by atoms with E-state index in [0.29, 0.717) is 17.9 Å². The van der Waals surface area contributed by atoms with Crippen molar-refractivity contribution in [3.63, 3.8) is 0 Å². The molecule has 5 rings (SSSR count). The number of nitrogens with zero attached hydrogens (tertiary/aromatic N) is 5. The highest BCUT2D eigenvalue weighted by atomic mass is 19.1. The molecule has 0 aliphatic carbocycles. The van der Waals surface area contributed by atoms with E-state index in [0.717, 1.165) is 24.5 Å². The lowest BCUT2D eigenvalue weighted by Gasteiger charge is -2.38. The van der Waals surface area contributed by atoms with Crippen LogP contribution in [-0.2, 0) is 6.54 Å². The van der Waals surface area contributed by atoms with Gasteiger partial charge in [0.15, 0.2) is 5.82 Å². The Balaban J connectivity index is 1.33. The van der Waals surface area contributed by atoms with Crippen LogP contribution < -0.4 is 10.3 Å². The van der Waals surface area contributed by atoms with Gasteiger partial charge in [0.1, 0.15) is 17.7 Å². The third-order valence-electron chi connectivity index (χ3n) is 4.83. The van der Waals surface area contributed by atoms with Crippen molar-refractivity contribution in [2.24, 2.45) is 0 Å². The molecule has 8 nitrogen and oxygen atoms in total. The van der Waals surface area contributed by atoms with Crippen LogP contribution in [0.25, 0.3) is 17.0 Å². The highest BCUT2D eigenvalue weighted by molar-refractivity contribution is 5.58. The smallest absolute Gasteiger partial charge is 0.293 e. The lowest BCUT2D eigenvalue weighted by Crippen LogP contribution is -2.53. The van der Waals surface area contributed by atoms with Crippen molar-refractivity contribution in [2.75, 3.05) is 13.1 Å². The zero-order valence-corrected chi connectivity index (χ0v) is 15.3. The van der Waals surface area contributed by atoms with E-state index < -0.39 is 0 Å². The molecule has 1 aliphatic heterocycles. The highest BCUT2D eigenvalue weighted by Gasteiger charge is 2.28. The van der Waals surface area contributed by atoms with Gasteiger partial charge >= 0.3 is 0 Å². The number of nitrogens with one attached hydrogen (secondary N) is 1. The van der Waals surface area contributed by atoms with Gasteiger partial charge in [-0.05, 0) is 36.4 Å². The summed E-state index contributed by atoms with van der Waals surface area (Å²) in [6.07, 6.45) is 5.32. The molecule has 1 aliphatic rings. The minimum absolute atomic E-state index is 0.109. The molecule has 1 N–H and O–H groups in total. The standard InChI is InChI=1S/C20H17FN6O2/c21-14-3-1-13(2-4-14)18-24-25-19-20(28)23-15(10-27(18)19)9-26-11-17(12-26)29-16-5-7-22-8-6-16/h1-8,10,17H,9,11-12H2,(H,23,28). The summed E-state index contributed by atoms with van der Waals surface area (Å²) in [7, 11) is 0. The number of hydrogen-bond donors (Lipinski definition) is 1. The predicted octanol–water partition coefficient (Wildman–Crippen LogP) is 1.88. The lowest BCUT2D eigenvalue weighted by molar-refractivity contribution is 0.0137. The van der Waals surface area contributed by atoms with Gasteiger partial charge < -0.3 is 9.72 Å². The summed E-state index contributed by atoms with van der Waals surface area (Å²) in [5, 5.41) is 8.07. The highest BCUT2D eigenvalue weighted by Crippen LogP contribution is 2.20. The number of rotatable bonds is 5. The van der Waals surface area contributed by atoms with Crippen LogP contribution in [-0.4, -0.2) is 48.7 Å². The normalized spacial score (nSPS) is 14.8. The van der Waals surface area contributed by atoms with E-state index in [-0.39, 0.29) is 23.1 Å². The van der Waals surface area contributed by atoms with Crippen LogP contribution >= 0.6 is 0 Å². The predicted molar refractivity (Wildman–Crippen MR) is 103 cm³/mol. The molecule has 146 valence electrons. The monoisotopic (exact) mass is 392 g/mol. The van der Waals surface area contributed by atoms with Gasteiger partial charge in [0.25, 0.3) is 5.56 Å². The van der Waals surface area contributed by atoms with Crippen LogP contribution in [0.1, 0.15) is 5.69 Å². The SMILES string of the molecule is O=c1[nH]c(CN2CC(Oc3ccncc3)C2)cn2c(-c3ccc(F)cc3)nnc12. The number of likely N-dealkylation sites (tertiary alicyclic amines) is 1. The van der Waals surface area contributed by atoms with E-state index in [9.17, 15) is 9.18 Å². The number of aromatic nitrogens is 5. The fourth-order valence-electron chi connectivity index (χ4n) is 3.41. The van der Waals surface area contributed by atoms with Crippen molar-refractivity contribution < 1.29 is 9.13 Å². The first-order valence-electron chi connectivity index (χ1n) is 9.17. The molecule has 4 aromatic rings. The van der Waals surface area contributed by atoms with Gasteiger partial charge in [0.05, 0.1) is 0 Å². The zero-order chi connectivity index (χ0) is 19.8. The summed E-state index contributed by atoms with van der Waals surface area (Å²) in [4.78, 5) is 21.4. The van der Waals surface area contributed by atoms with Gasteiger partial charge in [-0.1, -0.05) is 0 Å². The van der Waals surface area contributed by atoms with Crippen molar-refractivity contribution in [2.45, 2.75) is 12.6 Å². The molecular formula is C20H17FN6O2. The summed E-state index contributed by atoms with van der Waals surface area (Å²) in [6, 6.07) is 9.60. The first-order chi connectivity index (χ1) is 14.2. The van der Waals surface area contributed by atoms with Crippen LogP contribution in [0.15, 0.2) is 59.8 Å². The summed E-state index contributed by atoms with van der Waals surface area (Å²) in [5.74, 6) is 0.963. The van der Waals surface area contributed by atoms with E-state index in [4.69, 9.17) is 4.74 Å². The van der Waals surface area contributed by atoms with E-state index in [1.165, 1.54) is 12.1 Å². The molecule has 3 aromatic heterocycles. The van der Waals surface area contributed by atoms with Gasteiger partial charge in [0, 0.05) is 49.5 Å². The van der Waals surface area contributed by atoms with Gasteiger partial charge in [-0.25, -0.2) is 4.39 Å². The van der Waals surface area contributed by atoms with E-state index in [1.807, 2.05) is 18.3 Å². The lowest BCUT2D eigenvalue weighted by atomic mass is 10.1. The molecule has 0 radical (unpaired) electrons. The Morgan fingerprint density at radius 1 is 1.10 bits per heavy atom. The maximum absolute atomic E-state index is 13.2. The van der Waals surface area contributed by atoms with Crippen LogP contribution in [0.3, 0.4) is 0 Å². The molecular weight excluding hydrogens is 375 g/mol. The number of ether oxygens (including phenoxy) is 1. The Kier molecular flexibility index (Phi) is 4.28. The molecule has 1 aromatic carbocycles. The van der Waals surface area contributed by atoms with Gasteiger partial charge in [-0.3, -0.25) is 19.1 Å². The first kappa shape index (κ1) is 17.5. The third-order valence-corrected chi connectivity index (χ3v) is 4.83. The summed E-state index contributed by atoms with van der Waals surface area (Å²) < 4.78 is 20.7. The van der Waals surface area contributed by atoms with Crippen molar-refractivity contribution in [1.29, 1.82) is 0 Å². The second kappa shape index (κ2) is 7.10. The topological polar surface area (TPSA) is 88.4 Å². The van der Waals surface area contributed by atoms with Gasteiger partial charge in [0.2, 0.25) is 5.65 Å². The van der Waals surface area contributed by atoms with Crippen LogP contribution in [0.4, 0.5) is 4.39 Å². The van der Waals surface area contributed by atoms with Crippen LogP contribution in [0.2, 0.25) is 0 Å². The number of benzene rings is 1. The Labute approximate surface area is 164 Å². The number of H-pyrrole nitrogens is 1. The molecule has 29 heavy (non-hydrogen) atoms. The quantitative estimate of drug-likeness (QED) is 0.558. The average Bonchev–Trinajstić information content (AvgIpc) is 3.12. The largest absolute Gasteiger partial charge is 0.488 e. The van der Waals surface area contributed by atoms with Crippen LogP contribution in [0, 0.1) is 5.82 Å². The van der Waals surface area contributed by atoms with Gasteiger partial charge in [-0.15, -0.1) is 10.2 Å². The Morgan fingerprint density at radius 2 is 1.86 bits per heavy atom. The molecule has 1 fully saturated rings. The van der Waals surface area contributed by atoms with Crippen molar-refractivity contribution >= 4 is 5.65 Å². The van der Waals surface area contributed by atoms with Crippen molar-refractivity contribution in [1.82, 2.24) is 29.5 Å². The molecule has 9 heteroatoms. The Bertz CT molecular complexity index is 1200. The average molecular weight is 392 g/mol. The zero-order valence-electron chi connectivity index (χ0n) is 15.3. The number of fused-ring (bicyclic) bond motifs is 1. The number of aromatic amines is 1. The molecule has 0 atom stereocenters. The van der Waals surface area contributed by atoms with E-state index in [1.54, 1.807) is 28.9 Å². The molecule has 0 bridgehead atoms. The third kappa shape index (κ3) is 3.47. The van der Waals surface area contributed by atoms with Crippen LogP contribution in [0.5, 0.6) is 5.75 Å². The second-order valence-electron chi connectivity index (χ2n) is 6.95. The molecule has 0 unspecified atom stereocenters. The number of pyridine rings is 1. The maximum Gasteiger partial charge on any atom is 0.293 e. The minimum Gasteiger partial charge on any atom is -0.488 e. The fraction of sp³-hybridized carbons (Fsp3) is 0.200. The van der Waals surface area contributed by atoms with Crippen molar-refractivity contribution in [3.05, 3.63) is 76.9 Å². The minimum atomic E-state index is -0.331. The summed E-state index contributed by atoms with van der Waals surface area (Å²) >= 11 is 0. The molecule has 0 amide bonds. The van der Waals surface area contributed by atoms with Crippen molar-refractivity contribution in [3.8, 4) is 17.1 Å². The molecule has 4 heterocycles. The first-order valence-corrected chi connectivity index (χ1v) is 9.17. The summed E-state index contributed by atoms with van der Waals surface area (Å²) in [6.45, 7) is 2.09. The fourth-order valence-corrected chi connectivity index (χ4v) is 3.41. The summed E-state index contributed by atoms with van der Waals surface area (Å²) in [5.41, 5.74) is 1.32. The Hall–Kier alpha value is -3.59. The van der Waals surface area contributed by atoms with E-state index >= 15 is 0 Å². The van der Waals surface area contributed by atoms with E-state index in [2.05, 4.69) is 25.1 Å². The Morgan fingerprint density at radius 3 is 2.62 bits per heavy atom. The second-order valence-corrected chi connectivity index (χ2v) is 6.95. The molecule has 0 saturated carbocycles. The maximum atomic E-state index is 13.2.